The lowest BCUT2D eigenvalue weighted by atomic mass is 10.0. The van der Waals surface area contributed by atoms with Crippen molar-refractivity contribution >= 4 is 11.8 Å². The average molecular weight is 285 g/mol. The number of aryl methyl sites for hydroxylation is 1. The Morgan fingerprint density at radius 3 is 2.30 bits per heavy atom. The van der Waals surface area contributed by atoms with E-state index >= 15 is 0 Å². The van der Waals surface area contributed by atoms with Crippen LogP contribution in [-0.2, 0) is 6.42 Å². The minimum Gasteiger partial charge on any atom is -0.330 e. The fourth-order valence-corrected chi connectivity index (χ4v) is 3.08. The van der Waals surface area contributed by atoms with Crippen molar-refractivity contribution in [3.63, 3.8) is 0 Å². The Bertz CT molecular complexity index is 558. The first-order valence-corrected chi connectivity index (χ1v) is 7.99. The number of benzene rings is 2. The summed E-state index contributed by atoms with van der Waals surface area (Å²) in [5.41, 5.74) is 9.65. The van der Waals surface area contributed by atoms with Crippen LogP contribution in [-0.4, -0.2) is 6.54 Å². The summed E-state index contributed by atoms with van der Waals surface area (Å²) in [7, 11) is 0. The van der Waals surface area contributed by atoms with Crippen molar-refractivity contribution in [2.75, 3.05) is 6.54 Å². The van der Waals surface area contributed by atoms with Crippen LogP contribution in [0, 0.1) is 6.92 Å². The molecular weight excluding hydrogens is 262 g/mol. The van der Waals surface area contributed by atoms with Crippen molar-refractivity contribution < 1.29 is 0 Å². The Morgan fingerprint density at radius 2 is 1.75 bits per heavy atom. The van der Waals surface area contributed by atoms with Gasteiger partial charge in [0.25, 0.3) is 0 Å². The first kappa shape index (κ1) is 15.1. The molecule has 0 unspecified atom stereocenters. The van der Waals surface area contributed by atoms with E-state index in [0.717, 1.165) is 6.42 Å². The van der Waals surface area contributed by atoms with E-state index in [-0.39, 0.29) is 0 Å². The van der Waals surface area contributed by atoms with Gasteiger partial charge < -0.3 is 5.73 Å². The second kappa shape index (κ2) is 6.96. The van der Waals surface area contributed by atoms with Gasteiger partial charge in [-0.15, -0.1) is 0 Å². The largest absolute Gasteiger partial charge is 0.330 e. The summed E-state index contributed by atoms with van der Waals surface area (Å²) >= 11 is 1.83. The maximum absolute atomic E-state index is 5.61. The zero-order valence-corrected chi connectivity index (χ0v) is 13.3. The molecule has 0 atom stereocenters. The van der Waals surface area contributed by atoms with Gasteiger partial charge >= 0.3 is 0 Å². The molecule has 0 saturated heterocycles. The van der Waals surface area contributed by atoms with Gasteiger partial charge in [0.2, 0.25) is 0 Å². The quantitative estimate of drug-likeness (QED) is 0.856. The van der Waals surface area contributed by atoms with Gasteiger partial charge in [0, 0.05) is 9.79 Å². The third-order valence-electron chi connectivity index (χ3n) is 3.45. The predicted molar refractivity (Wildman–Crippen MR) is 88.6 cm³/mol. The molecule has 0 aromatic heterocycles. The van der Waals surface area contributed by atoms with Gasteiger partial charge in [-0.3, -0.25) is 0 Å². The normalized spacial score (nSPS) is 11.1. The molecular formula is C18H23NS. The van der Waals surface area contributed by atoms with E-state index in [1.165, 1.54) is 26.5 Å². The molecule has 0 spiro atoms. The van der Waals surface area contributed by atoms with Crippen molar-refractivity contribution in [2.24, 2.45) is 5.73 Å². The lowest BCUT2D eigenvalue weighted by Crippen LogP contribution is -2.02. The van der Waals surface area contributed by atoms with Gasteiger partial charge in [-0.1, -0.05) is 49.9 Å². The van der Waals surface area contributed by atoms with E-state index in [0.29, 0.717) is 12.5 Å². The van der Waals surface area contributed by atoms with Gasteiger partial charge in [0.15, 0.2) is 0 Å². The Balaban J connectivity index is 2.13. The van der Waals surface area contributed by atoms with E-state index < -0.39 is 0 Å². The number of rotatable bonds is 5. The summed E-state index contributed by atoms with van der Waals surface area (Å²) in [4.78, 5) is 2.62. The summed E-state index contributed by atoms with van der Waals surface area (Å²) < 4.78 is 0. The molecule has 0 radical (unpaired) electrons. The lowest BCUT2D eigenvalue weighted by Gasteiger charge is -2.09. The maximum Gasteiger partial charge on any atom is 0.0151 e. The molecule has 1 nitrogen and oxygen atoms in total. The third kappa shape index (κ3) is 3.87. The highest BCUT2D eigenvalue weighted by Crippen LogP contribution is 2.31. The van der Waals surface area contributed by atoms with Crippen LogP contribution in [0.5, 0.6) is 0 Å². The molecule has 0 amide bonds. The molecule has 0 aliphatic rings. The Kier molecular flexibility index (Phi) is 5.27. The zero-order valence-electron chi connectivity index (χ0n) is 12.5. The standard InChI is InChI=1S/C18H23NS/c1-13(2)16-5-7-17(8-6-16)20-18-9-4-15(10-11-19)12-14(18)3/h4-9,12-13H,10-11,19H2,1-3H3. The second-order valence-electron chi connectivity index (χ2n) is 5.46. The van der Waals surface area contributed by atoms with E-state index in [1.54, 1.807) is 0 Å². The molecule has 2 aromatic rings. The molecule has 2 rings (SSSR count). The zero-order chi connectivity index (χ0) is 14.5. The molecule has 2 N–H and O–H groups in total. The van der Waals surface area contributed by atoms with Gasteiger partial charge in [-0.2, -0.15) is 0 Å². The highest BCUT2D eigenvalue weighted by molar-refractivity contribution is 7.99. The molecule has 2 heteroatoms. The highest BCUT2D eigenvalue weighted by Gasteiger charge is 2.04. The van der Waals surface area contributed by atoms with Gasteiger partial charge in [-0.05, 0) is 60.7 Å². The lowest BCUT2D eigenvalue weighted by molar-refractivity contribution is 0.865. The van der Waals surface area contributed by atoms with Crippen LogP contribution in [0.15, 0.2) is 52.3 Å². The Hall–Kier alpha value is -1.25. The van der Waals surface area contributed by atoms with Crippen molar-refractivity contribution in [3.05, 3.63) is 59.2 Å². The molecule has 20 heavy (non-hydrogen) atoms. The SMILES string of the molecule is Cc1cc(CCN)ccc1Sc1ccc(C(C)C)cc1. The molecule has 0 heterocycles. The minimum absolute atomic E-state index is 0.589. The Morgan fingerprint density at radius 1 is 1.05 bits per heavy atom. The summed E-state index contributed by atoms with van der Waals surface area (Å²) in [6.07, 6.45) is 0.953. The monoisotopic (exact) mass is 285 g/mol. The summed E-state index contributed by atoms with van der Waals surface area (Å²) in [6, 6.07) is 15.5. The van der Waals surface area contributed by atoms with Crippen LogP contribution in [0.25, 0.3) is 0 Å². The van der Waals surface area contributed by atoms with E-state index in [4.69, 9.17) is 5.73 Å². The smallest absolute Gasteiger partial charge is 0.0151 e. The second-order valence-corrected chi connectivity index (χ2v) is 6.58. The predicted octanol–water partition coefficient (Wildman–Crippen LogP) is 4.77. The van der Waals surface area contributed by atoms with Crippen molar-refractivity contribution in [1.29, 1.82) is 0 Å². The first-order chi connectivity index (χ1) is 9.60. The van der Waals surface area contributed by atoms with Gasteiger partial charge in [0.05, 0.1) is 0 Å². The minimum atomic E-state index is 0.589. The van der Waals surface area contributed by atoms with E-state index in [1.807, 2.05) is 11.8 Å². The van der Waals surface area contributed by atoms with Crippen molar-refractivity contribution in [1.82, 2.24) is 0 Å². The molecule has 106 valence electrons. The summed E-state index contributed by atoms with van der Waals surface area (Å²) in [6.45, 7) is 7.33. The first-order valence-electron chi connectivity index (χ1n) is 7.17. The topological polar surface area (TPSA) is 26.0 Å². The van der Waals surface area contributed by atoms with Crippen LogP contribution < -0.4 is 5.73 Å². The van der Waals surface area contributed by atoms with Crippen LogP contribution in [0.4, 0.5) is 0 Å². The summed E-state index contributed by atoms with van der Waals surface area (Å²) in [5, 5.41) is 0. The number of hydrogen-bond acceptors (Lipinski definition) is 2. The number of hydrogen-bond donors (Lipinski definition) is 1. The number of nitrogens with two attached hydrogens (primary N) is 1. The van der Waals surface area contributed by atoms with Crippen LogP contribution in [0.2, 0.25) is 0 Å². The molecule has 0 fully saturated rings. The average Bonchev–Trinajstić information content (AvgIpc) is 2.43. The van der Waals surface area contributed by atoms with Crippen LogP contribution in [0.3, 0.4) is 0 Å². The van der Waals surface area contributed by atoms with E-state index in [9.17, 15) is 0 Å². The van der Waals surface area contributed by atoms with Crippen molar-refractivity contribution in [2.45, 2.75) is 42.9 Å². The molecule has 0 aliphatic heterocycles. The van der Waals surface area contributed by atoms with Gasteiger partial charge in [0.1, 0.15) is 0 Å². The fourth-order valence-electron chi connectivity index (χ4n) is 2.20. The molecule has 0 aliphatic carbocycles. The molecule has 0 saturated carbocycles. The highest BCUT2D eigenvalue weighted by atomic mass is 32.2. The van der Waals surface area contributed by atoms with E-state index in [2.05, 4.69) is 63.2 Å². The third-order valence-corrected chi connectivity index (χ3v) is 4.63. The van der Waals surface area contributed by atoms with Crippen molar-refractivity contribution in [3.8, 4) is 0 Å². The Labute approximate surface area is 126 Å². The van der Waals surface area contributed by atoms with Crippen LogP contribution in [0.1, 0.15) is 36.5 Å². The summed E-state index contributed by atoms with van der Waals surface area (Å²) in [5.74, 6) is 0.589. The van der Waals surface area contributed by atoms with Gasteiger partial charge in [-0.25, -0.2) is 0 Å². The molecule has 0 bridgehead atoms. The maximum atomic E-state index is 5.61. The van der Waals surface area contributed by atoms with Crippen LogP contribution >= 0.6 is 11.8 Å². The fraction of sp³-hybridized carbons (Fsp3) is 0.333. The molecule has 2 aromatic carbocycles.